The van der Waals surface area contributed by atoms with Crippen LogP contribution in [0.3, 0.4) is 0 Å². The molecule has 7 heteroatoms. The van der Waals surface area contributed by atoms with E-state index in [1.807, 2.05) is 4.90 Å². The van der Waals surface area contributed by atoms with E-state index in [2.05, 4.69) is 17.6 Å². The zero-order valence-electron chi connectivity index (χ0n) is 13.3. The van der Waals surface area contributed by atoms with E-state index in [0.717, 1.165) is 38.8 Å². The molecule has 2 N–H and O–H groups in total. The largest absolute Gasteiger partial charge is 0.378 e. The van der Waals surface area contributed by atoms with E-state index in [9.17, 15) is 9.59 Å². The number of unbranched alkanes of at least 4 members (excludes halogenated alkanes) is 1. The van der Waals surface area contributed by atoms with Gasteiger partial charge in [-0.2, -0.15) is 0 Å². The molecule has 6 nitrogen and oxygen atoms in total. The van der Waals surface area contributed by atoms with Gasteiger partial charge in [0.1, 0.15) is 6.04 Å². The lowest BCUT2D eigenvalue weighted by molar-refractivity contribution is -0.140. The number of likely N-dealkylation sites (tertiary alicyclic amines) is 1. The number of nitrogens with zero attached hydrogens (tertiary/aromatic N) is 1. The monoisotopic (exact) mass is 333 g/mol. The second kappa shape index (κ2) is 10.0. The van der Waals surface area contributed by atoms with Crippen LogP contribution in [0, 0.1) is 5.92 Å². The molecule has 0 aromatic heterocycles. The molecular formula is C15H28ClN3O3. The van der Waals surface area contributed by atoms with Gasteiger partial charge in [0.15, 0.2) is 0 Å². The van der Waals surface area contributed by atoms with E-state index >= 15 is 0 Å². The van der Waals surface area contributed by atoms with Gasteiger partial charge in [0.05, 0.1) is 19.1 Å². The van der Waals surface area contributed by atoms with E-state index in [-0.39, 0.29) is 36.2 Å². The molecular weight excluding hydrogens is 306 g/mol. The average Bonchev–Trinajstić information content (AvgIpc) is 2.55. The third-order valence-electron chi connectivity index (χ3n) is 4.15. The number of hydrogen-bond acceptors (Lipinski definition) is 4. The fraction of sp³-hybridized carbons (Fsp3) is 0.867. The number of carbonyl (C=O) groups is 2. The molecule has 2 aliphatic heterocycles. The Labute approximate surface area is 138 Å². The molecule has 2 amide bonds. The van der Waals surface area contributed by atoms with Crippen molar-refractivity contribution in [2.45, 2.75) is 38.6 Å². The summed E-state index contributed by atoms with van der Waals surface area (Å²) < 4.78 is 5.34. The average molecular weight is 334 g/mol. The molecule has 2 fully saturated rings. The van der Waals surface area contributed by atoms with Gasteiger partial charge in [-0.1, -0.05) is 13.3 Å². The van der Waals surface area contributed by atoms with Gasteiger partial charge in [-0.3, -0.25) is 9.59 Å². The van der Waals surface area contributed by atoms with Gasteiger partial charge >= 0.3 is 0 Å². The highest BCUT2D eigenvalue weighted by molar-refractivity contribution is 5.85. The van der Waals surface area contributed by atoms with E-state index < -0.39 is 0 Å². The maximum Gasteiger partial charge on any atom is 0.242 e. The van der Waals surface area contributed by atoms with Crippen molar-refractivity contribution in [2.75, 3.05) is 39.4 Å². The van der Waals surface area contributed by atoms with Crippen LogP contribution in [0.2, 0.25) is 0 Å². The fourth-order valence-corrected chi connectivity index (χ4v) is 2.87. The fourth-order valence-electron chi connectivity index (χ4n) is 2.87. The molecule has 0 radical (unpaired) electrons. The Hall–Kier alpha value is -0.850. The van der Waals surface area contributed by atoms with Gasteiger partial charge in [-0.15, -0.1) is 12.4 Å². The molecule has 0 spiro atoms. The lowest BCUT2D eigenvalue weighted by atomic mass is 9.96. The Morgan fingerprint density at radius 1 is 1.41 bits per heavy atom. The summed E-state index contributed by atoms with van der Waals surface area (Å²) in [6.45, 7) is 5.93. The van der Waals surface area contributed by atoms with Crippen molar-refractivity contribution in [1.82, 2.24) is 15.5 Å². The molecule has 2 saturated heterocycles. The zero-order chi connectivity index (χ0) is 15.1. The van der Waals surface area contributed by atoms with Crippen LogP contribution in [0.1, 0.15) is 32.6 Å². The van der Waals surface area contributed by atoms with E-state index in [1.165, 1.54) is 0 Å². The molecule has 0 saturated carbocycles. The minimum absolute atomic E-state index is 0. The normalized spacial score (nSPS) is 25.2. The van der Waals surface area contributed by atoms with Crippen LogP contribution >= 0.6 is 12.4 Å². The van der Waals surface area contributed by atoms with E-state index in [0.29, 0.717) is 26.3 Å². The summed E-state index contributed by atoms with van der Waals surface area (Å²) in [4.78, 5) is 26.4. The van der Waals surface area contributed by atoms with E-state index in [1.54, 1.807) is 0 Å². The first-order chi connectivity index (χ1) is 10.2. The minimum atomic E-state index is -0.249. The number of hydrogen-bond donors (Lipinski definition) is 2. The lowest BCUT2D eigenvalue weighted by Crippen LogP contribution is -2.55. The first-order valence-electron chi connectivity index (χ1n) is 8.10. The van der Waals surface area contributed by atoms with E-state index in [4.69, 9.17) is 4.74 Å². The number of amides is 2. The number of ether oxygens (including phenoxy) is 1. The van der Waals surface area contributed by atoms with Gasteiger partial charge < -0.3 is 20.3 Å². The summed E-state index contributed by atoms with van der Waals surface area (Å²) in [6, 6.07) is -0.249. The van der Waals surface area contributed by atoms with Crippen LogP contribution in [-0.2, 0) is 14.3 Å². The highest BCUT2D eigenvalue weighted by Gasteiger charge is 2.32. The maximum atomic E-state index is 12.4. The van der Waals surface area contributed by atoms with Crippen LogP contribution in [0.25, 0.3) is 0 Å². The number of halogens is 1. The first-order valence-corrected chi connectivity index (χ1v) is 8.10. The SMILES string of the molecule is CCCCNC(=O)C1CCCN(C(=O)C2COCCN2)C1.Cl. The van der Waals surface area contributed by atoms with Gasteiger partial charge in [-0.25, -0.2) is 0 Å². The molecule has 2 atom stereocenters. The standard InChI is InChI=1S/C15H27N3O3.ClH/c1-2-3-6-17-14(19)12-5-4-8-18(10-12)15(20)13-11-21-9-7-16-13;/h12-13,16H,2-11H2,1H3,(H,17,19);1H. The van der Waals surface area contributed by atoms with Crippen molar-refractivity contribution >= 4 is 24.2 Å². The van der Waals surface area contributed by atoms with Crippen molar-refractivity contribution in [3.63, 3.8) is 0 Å². The Bertz CT molecular complexity index is 362. The molecule has 0 aliphatic carbocycles. The first kappa shape index (κ1) is 19.2. The minimum Gasteiger partial charge on any atom is -0.378 e. The third-order valence-corrected chi connectivity index (χ3v) is 4.15. The summed E-state index contributed by atoms with van der Waals surface area (Å²) in [5.74, 6) is 0.0960. The Morgan fingerprint density at radius 3 is 2.91 bits per heavy atom. The lowest BCUT2D eigenvalue weighted by Gasteiger charge is -2.35. The number of morpholine rings is 1. The highest BCUT2D eigenvalue weighted by atomic mass is 35.5. The molecule has 22 heavy (non-hydrogen) atoms. The Balaban J connectivity index is 0.00000242. The molecule has 0 aromatic carbocycles. The molecule has 2 rings (SSSR count). The molecule has 2 heterocycles. The van der Waals surface area contributed by atoms with Gasteiger partial charge in [0.25, 0.3) is 0 Å². The summed E-state index contributed by atoms with van der Waals surface area (Å²) in [5.41, 5.74) is 0. The predicted octanol–water partition coefficient (Wildman–Crippen LogP) is 0.552. The number of carbonyl (C=O) groups excluding carboxylic acids is 2. The smallest absolute Gasteiger partial charge is 0.242 e. The molecule has 128 valence electrons. The van der Waals surface area contributed by atoms with Crippen LogP contribution < -0.4 is 10.6 Å². The Kier molecular flexibility index (Phi) is 8.75. The number of piperidine rings is 1. The number of nitrogens with one attached hydrogen (secondary N) is 2. The van der Waals surface area contributed by atoms with Gasteiger partial charge in [0.2, 0.25) is 11.8 Å². The molecule has 2 aliphatic rings. The molecule has 0 bridgehead atoms. The van der Waals surface area contributed by atoms with Crippen LogP contribution in [0.4, 0.5) is 0 Å². The number of rotatable bonds is 5. The summed E-state index contributed by atoms with van der Waals surface area (Å²) in [6.07, 6.45) is 3.84. The summed E-state index contributed by atoms with van der Waals surface area (Å²) in [7, 11) is 0. The van der Waals surface area contributed by atoms with Crippen molar-refractivity contribution in [2.24, 2.45) is 5.92 Å². The zero-order valence-corrected chi connectivity index (χ0v) is 14.1. The maximum absolute atomic E-state index is 12.4. The van der Waals surface area contributed by atoms with Gasteiger partial charge in [-0.05, 0) is 19.3 Å². The summed E-state index contributed by atoms with van der Waals surface area (Å²) >= 11 is 0. The topological polar surface area (TPSA) is 70.7 Å². The van der Waals surface area contributed by atoms with Crippen LogP contribution in [0.15, 0.2) is 0 Å². The highest BCUT2D eigenvalue weighted by Crippen LogP contribution is 2.18. The van der Waals surface area contributed by atoms with Crippen molar-refractivity contribution in [3.8, 4) is 0 Å². The van der Waals surface area contributed by atoms with Gasteiger partial charge in [0, 0.05) is 26.2 Å². The van der Waals surface area contributed by atoms with Crippen LogP contribution in [-0.4, -0.2) is 62.1 Å². The molecule has 0 aromatic rings. The van der Waals surface area contributed by atoms with Crippen molar-refractivity contribution in [3.05, 3.63) is 0 Å². The second-order valence-electron chi connectivity index (χ2n) is 5.85. The Morgan fingerprint density at radius 2 is 2.23 bits per heavy atom. The van der Waals surface area contributed by atoms with Crippen molar-refractivity contribution < 1.29 is 14.3 Å². The quantitative estimate of drug-likeness (QED) is 0.721. The second-order valence-corrected chi connectivity index (χ2v) is 5.85. The molecule has 2 unspecified atom stereocenters. The summed E-state index contributed by atoms with van der Waals surface area (Å²) in [5, 5.41) is 6.16. The third kappa shape index (κ3) is 5.41. The van der Waals surface area contributed by atoms with Crippen LogP contribution in [0.5, 0.6) is 0 Å². The van der Waals surface area contributed by atoms with Crippen molar-refractivity contribution in [1.29, 1.82) is 0 Å². The predicted molar refractivity (Wildman–Crippen MR) is 87.1 cm³/mol.